The molecule has 0 unspecified atom stereocenters. The molecular formula is C26H23N3. The molecule has 3 heteroatoms. The molecule has 0 saturated carbocycles. The predicted octanol–water partition coefficient (Wildman–Crippen LogP) is 5.57. The van der Waals surface area contributed by atoms with Crippen molar-refractivity contribution in [2.24, 2.45) is 0 Å². The normalized spacial score (nSPS) is 11.1. The second-order valence-corrected chi connectivity index (χ2v) is 7.09. The average Bonchev–Trinajstić information content (AvgIpc) is 3.26. The van der Waals surface area contributed by atoms with Gasteiger partial charge >= 0.3 is 0 Å². The summed E-state index contributed by atoms with van der Waals surface area (Å²) in [6, 6.07) is 33.9. The number of nitriles is 1. The van der Waals surface area contributed by atoms with Gasteiger partial charge in [-0.3, -0.25) is 0 Å². The Morgan fingerprint density at radius 2 is 1.24 bits per heavy atom. The molecule has 0 N–H and O–H groups in total. The lowest BCUT2D eigenvalue weighted by Gasteiger charge is -2.37. The smallest absolute Gasteiger partial charge is 0.121 e. The van der Waals surface area contributed by atoms with E-state index in [0.717, 1.165) is 18.5 Å². The van der Waals surface area contributed by atoms with Crippen LogP contribution in [-0.2, 0) is 12.0 Å². The summed E-state index contributed by atoms with van der Waals surface area (Å²) >= 11 is 0. The fourth-order valence-electron chi connectivity index (χ4n) is 4.01. The number of unbranched alkanes of at least 4 members (excludes halogenated alkanes) is 1. The SMILES string of the molecule is N#CCCCc1cn(C(c2ccccc2)(c2ccccc2)c2ccccc2)cn1. The van der Waals surface area contributed by atoms with E-state index < -0.39 is 5.54 Å². The molecule has 1 aromatic heterocycles. The van der Waals surface area contributed by atoms with Crippen molar-refractivity contribution in [2.45, 2.75) is 24.8 Å². The molecule has 0 radical (unpaired) electrons. The van der Waals surface area contributed by atoms with Crippen molar-refractivity contribution in [1.82, 2.24) is 9.55 Å². The first kappa shape index (κ1) is 18.7. The minimum absolute atomic E-state index is 0.524. The Bertz CT molecular complexity index is 980. The Hall–Kier alpha value is -3.64. The highest BCUT2D eigenvalue weighted by Crippen LogP contribution is 2.40. The molecule has 0 spiro atoms. The minimum atomic E-state index is -0.524. The number of nitrogens with zero attached hydrogens (tertiary/aromatic N) is 3. The highest BCUT2D eigenvalue weighted by Gasteiger charge is 2.38. The number of hydrogen-bond donors (Lipinski definition) is 0. The van der Waals surface area contributed by atoms with E-state index in [1.807, 2.05) is 24.5 Å². The van der Waals surface area contributed by atoms with Crippen molar-refractivity contribution in [3.05, 3.63) is 126 Å². The number of hydrogen-bond acceptors (Lipinski definition) is 2. The van der Waals surface area contributed by atoms with Gasteiger partial charge in [0.25, 0.3) is 0 Å². The van der Waals surface area contributed by atoms with Gasteiger partial charge in [-0.25, -0.2) is 4.98 Å². The lowest BCUT2D eigenvalue weighted by molar-refractivity contribution is 0.514. The Labute approximate surface area is 171 Å². The average molecular weight is 377 g/mol. The molecule has 0 aliphatic heterocycles. The summed E-state index contributed by atoms with van der Waals surface area (Å²) in [5.74, 6) is 0. The summed E-state index contributed by atoms with van der Waals surface area (Å²) in [4.78, 5) is 4.68. The lowest BCUT2D eigenvalue weighted by Crippen LogP contribution is -2.36. The first-order valence-corrected chi connectivity index (χ1v) is 9.92. The standard InChI is InChI=1S/C26H23N3/c27-19-11-10-18-25-20-29(21-28-25)26(22-12-4-1-5-13-22,23-14-6-2-7-15-23)24-16-8-3-9-17-24/h1-9,12-17,20-21H,10-11,18H2. The van der Waals surface area contributed by atoms with Crippen LogP contribution in [0, 0.1) is 11.3 Å². The maximum atomic E-state index is 8.85. The maximum Gasteiger partial charge on any atom is 0.121 e. The first-order chi connectivity index (χ1) is 14.4. The summed E-state index contributed by atoms with van der Waals surface area (Å²) in [6.45, 7) is 0. The molecule has 0 aliphatic carbocycles. The van der Waals surface area contributed by atoms with Crippen LogP contribution in [0.15, 0.2) is 104 Å². The van der Waals surface area contributed by atoms with Crippen LogP contribution in [0.3, 0.4) is 0 Å². The Kier molecular flexibility index (Phi) is 5.54. The number of aromatic nitrogens is 2. The Morgan fingerprint density at radius 1 is 0.759 bits per heavy atom. The zero-order chi connectivity index (χ0) is 19.9. The minimum Gasteiger partial charge on any atom is -0.319 e. The Balaban J connectivity index is 1.95. The molecule has 0 fully saturated rings. The van der Waals surface area contributed by atoms with E-state index in [0.29, 0.717) is 6.42 Å². The van der Waals surface area contributed by atoms with Crippen molar-refractivity contribution < 1.29 is 0 Å². The largest absolute Gasteiger partial charge is 0.319 e. The summed E-state index contributed by atoms with van der Waals surface area (Å²) < 4.78 is 2.22. The van der Waals surface area contributed by atoms with Crippen LogP contribution < -0.4 is 0 Å². The Morgan fingerprint density at radius 3 is 1.69 bits per heavy atom. The van der Waals surface area contributed by atoms with Gasteiger partial charge in [-0.05, 0) is 29.5 Å². The van der Waals surface area contributed by atoms with Gasteiger partial charge in [-0.15, -0.1) is 0 Å². The van der Waals surface area contributed by atoms with Crippen LogP contribution in [0.4, 0.5) is 0 Å². The molecule has 29 heavy (non-hydrogen) atoms. The molecule has 4 aromatic rings. The molecule has 0 atom stereocenters. The van der Waals surface area contributed by atoms with Gasteiger partial charge in [0.2, 0.25) is 0 Å². The molecule has 0 saturated heterocycles. The highest BCUT2D eigenvalue weighted by atomic mass is 15.1. The fourth-order valence-corrected chi connectivity index (χ4v) is 4.01. The van der Waals surface area contributed by atoms with Crippen molar-refractivity contribution in [3.8, 4) is 6.07 Å². The van der Waals surface area contributed by atoms with Crippen molar-refractivity contribution in [3.63, 3.8) is 0 Å². The molecular weight excluding hydrogens is 354 g/mol. The van der Waals surface area contributed by atoms with Gasteiger partial charge < -0.3 is 4.57 Å². The van der Waals surface area contributed by atoms with Crippen LogP contribution in [0.2, 0.25) is 0 Å². The van der Waals surface area contributed by atoms with E-state index in [1.165, 1.54) is 16.7 Å². The van der Waals surface area contributed by atoms with E-state index in [2.05, 4.69) is 94.6 Å². The lowest BCUT2D eigenvalue weighted by atomic mass is 9.77. The highest BCUT2D eigenvalue weighted by molar-refractivity contribution is 5.50. The van der Waals surface area contributed by atoms with E-state index in [-0.39, 0.29) is 0 Å². The molecule has 0 amide bonds. The maximum absolute atomic E-state index is 8.85. The van der Waals surface area contributed by atoms with Crippen molar-refractivity contribution in [2.75, 3.05) is 0 Å². The van der Waals surface area contributed by atoms with Crippen LogP contribution in [0.5, 0.6) is 0 Å². The summed E-state index contributed by atoms with van der Waals surface area (Å²) in [5.41, 5.74) is 4.02. The molecule has 142 valence electrons. The van der Waals surface area contributed by atoms with Crippen LogP contribution >= 0.6 is 0 Å². The van der Waals surface area contributed by atoms with Crippen molar-refractivity contribution in [1.29, 1.82) is 5.26 Å². The van der Waals surface area contributed by atoms with Gasteiger partial charge in [-0.2, -0.15) is 5.26 Å². The van der Waals surface area contributed by atoms with Gasteiger partial charge in [0.1, 0.15) is 5.54 Å². The molecule has 3 nitrogen and oxygen atoms in total. The van der Waals surface area contributed by atoms with Crippen LogP contribution in [0.25, 0.3) is 0 Å². The number of aryl methyl sites for hydroxylation is 1. The summed E-state index contributed by atoms with van der Waals surface area (Å²) in [6.07, 6.45) is 6.23. The van der Waals surface area contributed by atoms with E-state index in [4.69, 9.17) is 5.26 Å². The summed E-state index contributed by atoms with van der Waals surface area (Å²) in [5, 5.41) is 8.85. The first-order valence-electron chi connectivity index (χ1n) is 9.92. The van der Waals surface area contributed by atoms with E-state index in [9.17, 15) is 0 Å². The quantitative estimate of drug-likeness (QED) is 0.312. The van der Waals surface area contributed by atoms with Gasteiger partial charge in [-0.1, -0.05) is 91.0 Å². The third-order valence-electron chi connectivity index (χ3n) is 5.32. The van der Waals surface area contributed by atoms with Gasteiger partial charge in [0.05, 0.1) is 18.1 Å². The molecule has 1 heterocycles. The van der Waals surface area contributed by atoms with E-state index >= 15 is 0 Å². The monoisotopic (exact) mass is 377 g/mol. The molecule has 4 rings (SSSR count). The van der Waals surface area contributed by atoms with Crippen LogP contribution in [-0.4, -0.2) is 9.55 Å². The van der Waals surface area contributed by atoms with E-state index in [1.54, 1.807) is 0 Å². The number of imidazole rings is 1. The number of benzene rings is 3. The van der Waals surface area contributed by atoms with Crippen molar-refractivity contribution >= 4 is 0 Å². The van der Waals surface area contributed by atoms with Gasteiger partial charge in [0, 0.05) is 12.6 Å². The zero-order valence-electron chi connectivity index (χ0n) is 16.3. The topological polar surface area (TPSA) is 41.6 Å². The molecule has 0 aliphatic rings. The predicted molar refractivity (Wildman–Crippen MR) is 115 cm³/mol. The fraction of sp³-hybridized carbons (Fsp3) is 0.154. The third kappa shape index (κ3) is 3.58. The second-order valence-electron chi connectivity index (χ2n) is 7.09. The second kappa shape index (κ2) is 8.58. The molecule has 0 bridgehead atoms. The summed E-state index contributed by atoms with van der Waals surface area (Å²) in [7, 11) is 0. The zero-order valence-corrected chi connectivity index (χ0v) is 16.3. The molecule has 3 aromatic carbocycles. The number of rotatable bonds is 7. The van der Waals surface area contributed by atoms with Crippen LogP contribution in [0.1, 0.15) is 35.2 Å². The third-order valence-corrected chi connectivity index (χ3v) is 5.32. The van der Waals surface area contributed by atoms with Gasteiger partial charge in [0.15, 0.2) is 0 Å².